The van der Waals surface area contributed by atoms with Crippen LogP contribution in [-0.2, 0) is 9.84 Å². The van der Waals surface area contributed by atoms with Gasteiger partial charge in [-0.25, -0.2) is 8.42 Å². The molecule has 0 aliphatic rings. The second-order valence-corrected chi connectivity index (χ2v) is 6.08. The second kappa shape index (κ2) is 4.73. The number of hydrogen-bond acceptors (Lipinski definition) is 5. The van der Waals surface area contributed by atoms with E-state index in [4.69, 9.17) is 15.7 Å². The molecule has 0 fully saturated rings. The largest absolute Gasteiger partial charge is 0.491 e. The van der Waals surface area contributed by atoms with Crippen LogP contribution in [0.2, 0.25) is 0 Å². The number of hydrogen-bond donors (Lipinski definition) is 1. The molecule has 0 aromatic heterocycles. The van der Waals surface area contributed by atoms with Crippen LogP contribution in [0.25, 0.3) is 0 Å². The van der Waals surface area contributed by atoms with E-state index in [0.717, 1.165) is 6.26 Å². The highest BCUT2D eigenvalue weighted by atomic mass is 32.2. The first-order valence-electron chi connectivity index (χ1n) is 4.88. The molecule has 92 valence electrons. The van der Waals surface area contributed by atoms with Gasteiger partial charge in [-0.1, -0.05) is 0 Å². The molecule has 0 spiro atoms. The molecular formula is C11H14N2O3S. The Kier molecular flexibility index (Phi) is 3.76. The fourth-order valence-corrected chi connectivity index (χ4v) is 1.68. The van der Waals surface area contributed by atoms with Crippen LogP contribution in [0, 0.1) is 11.3 Å². The van der Waals surface area contributed by atoms with Crippen molar-refractivity contribution in [1.82, 2.24) is 0 Å². The molecule has 0 saturated carbocycles. The SMILES string of the molecule is CC(N)(C#N)COc1ccc(S(C)(=O)=O)cc1. The second-order valence-electron chi connectivity index (χ2n) is 4.06. The number of sulfone groups is 1. The molecule has 0 radical (unpaired) electrons. The van der Waals surface area contributed by atoms with Gasteiger partial charge in [-0.2, -0.15) is 5.26 Å². The maximum absolute atomic E-state index is 11.2. The Balaban J connectivity index is 2.74. The predicted octanol–water partition coefficient (Wildman–Crippen LogP) is 0.710. The van der Waals surface area contributed by atoms with E-state index in [1.54, 1.807) is 6.92 Å². The molecule has 5 nitrogen and oxygen atoms in total. The third-order valence-corrected chi connectivity index (χ3v) is 3.17. The van der Waals surface area contributed by atoms with E-state index in [-0.39, 0.29) is 11.5 Å². The van der Waals surface area contributed by atoms with Gasteiger partial charge in [0.2, 0.25) is 0 Å². The van der Waals surface area contributed by atoms with E-state index in [1.807, 2.05) is 6.07 Å². The summed E-state index contributed by atoms with van der Waals surface area (Å²) in [5.41, 5.74) is 4.52. The average Bonchev–Trinajstić information content (AvgIpc) is 2.26. The van der Waals surface area contributed by atoms with Gasteiger partial charge in [0.25, 0.3) is 0 Å². The number of nitrogens with two attached hydrogens (primary N) is 1. The van der Waals surface area contributed by atoms with Gasteiger partial charge in [0.05, 0.1) is 11.0 Å². The van der Waals surface area contributed by atoms with Crippen molar-refractivity contribution < 1.29 is 13.2 Å². The fraction of sp³-hybridized carbons (Fsp3) is 0.364. The molecule has 17 heavy (non-hydrogen) atoms. The minimum atomic E-state index is -3.20. The summed E-state index contributed by atoms with van der Waals surface area (Å²) in [6, 6.07) is 7.87. The standard InChI is InChI=1S/C11H14N2O3S/c1-11(13,7-12)8-16-9-3-5-10(6-4-9)17(2,14)15/h3-6H,8,13H2,1-2H3. The zero-order valence-electron chi connectivity index (χ0n) is 9.67. The van der Waals surface area contributed by atoms with E-state index in [1.165, 1.54) is 24.3 Å². The van der Waals surface area contributed by atoms with Crippen molar-refractivity contribution in [2.45, 2.75) is 17.4 Å². The maximum Gasteiger partial charge on any atom is 0.175 e. The minimum Gasteiger partial charge on any atom is -0.491 e. The van der Waals surface area contributed by atoms with Crippen LogP contribution in [0.4, 0.5) is 0 Å². The third-order valence-electron chi connectivity index (χ3n) is 2.05. The van der Waals surface area contributed by atoms with Gasteiger partial charge in [-0.3, -0.25) is 0 Å². The van der Waals surface area contributed by atoms with Crippen molar-refractivity contribution in [1.29, 1.82) is 5.26 Å². The van der Waals surface area contributed by atoms with Gasteiger partial charge >= 0.3 is 0 Å². The van der Waals surface area contributed by atoms with Crippen LogP contribution >= 0.6 is 0 Å². The Labute approximate surface area is 101 Å². The van der Waals surface area contributed by atoms with Gasteiger partial charge in [0, 0.05) is 6.26 Å². The average molecular weight is 254 g/mol. The van der Waals surface area contributed by atoms with Crippen LogP contribution in [0.1, 0.15) is 6.92 Å². The first-order chi connectivity index (χ1) is 7.74. The molecule has 1 aromatic rings. The Bertz CT molecular complexity index is 527. The Morgan fingerprint density at radius 1 is 1.41 bits per heavy atom. The lowest BCUT2D eigenvalue weighted by Crippen LogP contribution is -2.40. The molecule has 0 aliphatic carbocycles. The third kappa shape index (κ3) is 4.06. The first-order valence-corrected chi connectivity index (χ1v) is 6.77. The molecule has 0 amide bonds. The van der Waals surface area contributed by atoms with Crippen LogP contribution in [0.3, 0.4) is 0 Å². The molecule has 0 saturated heterocycles. The van der Waals surface area contributed by atoms with Gasteiger partial charge in [0.1, 0.15) is 17.9 Å². The monoisotopic (exact) mass is 254 g/mol. The van der Waals surface area contributed by atoms with E-state index >= 15 is 0 Å². The summed E-state index contributed by atoms with van der Waals surface area (Å²) >= 11 is 0. The Hall–Kier alpha value is -1.58. The molecule has 0 aliphatic heterocycles. The summed E-state index contributed by atoms with van der Waals surface area (Å²) in [5, 5.41) is 8.69. The van der Waals surface area contributed by atoms with Crippen LogP contribution in [0.15, 0.2) is 29.2 Å². The summed E-state index contributed by atoms with van der Waals surface area (Å²) in [6.07, 6.45) is 1.13. The molecule has 1 aromatic carbocycles. The summed E-state index contributed by atoms with van der Waals surface area (Å²) in [6.45, 7) is 1.60. The molecule has 1 unspecified atom stereocenters. The minimum absolute atomic E-state index is 0.0434. The highest BCUT2D eigenvalue weighted by Crippen LogP contribution is 2.16. The van der Waals surface area contributed by atoms with Crippen molar-refractivity contribution in [2.75, 3.05) is 12.9 Å². The predicted molar refractivity (Wildman–Crippen MR) is 63.3 cm³/mol. The van der Waals surface area contributed by atoms with Crippen molar-refractivity contribution in [3.05, 3.63) is 24.3 Å². The van der Waals surface area contributed by atoms with E-state index in [2.05, 4.69) is 0 Å². The van der Waals surface area contributed by atoms with Crippen molar-refractivity contribution in [3.8, 4) is 11.8 Å². The molecule has 0 bridgehead atoms. The zero-order valence-corrected chi connectivity index (χ0v) is 10.5. The van der Waals surface area contributed by atoms with Gasteiger partial charge in [-0.05, 0) is 31.2 Å². The number of nitrogens with zero attached hydrogens (tertiary/aromatic N) is 1. The smallest absolute Gasteiger partial charge is 0.175 e. The lowest BCUT2D eigenvalue weighted by molar-refractivity contribution is 0.264. The van der Waals surface area contributed by atoms with Crippen LogP contribution in [-0.4, -0.2) is 26.8 Å². The van der Waals surface area contributed by atoms with E-state index < -0.39 is 15.4 Å². The maximum atomic E-state index is 11.2. The summed E-state index contributed by atoms with van der Waals surface area (Å²) in [4.78, 5) is 0.223. The number of benzene rings is 1. The van der Waals surface area contributed by atoms with E-state index in [0.29, 0.717) is 5.75 Å². The quantitative estimate of drug-likeness (QED) is 0.854. The molecule has 0 heterocycles. The lowest BCUT2D eigenvalue weighted by atomic mass is 10.1. The Morgan fingerprint density at radius 3 is 2.35 bits per heavy atom. The number of ether oxygens (including phenoxy) is 1. The number of nitriles is 1. The molecular weight excluding hydrogens is 240 g/mol. The molecule has 2 N–H and O–H groups in total. The normalized spacial score (nSPS) is 14.7. The van der Waals surface area contributed by atoms with Gasteiger partial charge < -0.3 is 10.5 Å². The van der Waals surface area contributed by atoms with Crippen molar-refractivity contribution in [2.24, 2.45) is 5.73 Å². The topological polar surface area (TPSA) is 93.2 Å². The molecule has 6 heteroatoms. The summed E-state index contributed by atoms with van der Waals surface area (Å²) in [5.74, 6) is 0.476. The van der Waals surface area contributed by atoms with Crippen LogP contribution < -0.4 is 10.5 Å². The van der Waals surface area contributed by atoms with Gasteiger partial charge in [-0.15, -0.1) is 0 Å². The Morgan fingerprint density at radius 2 is 1.94 bits per heavy atom. The van der Waals surface area contributed by atoms with Gasteiger partial charge in [0.15, 0.2) is 9.84 Å². The summed E-state index contributed by atoms with van der Waals surface area (Å²) < 4.78 is 27.7. The highest BCUT2D eigenvalue weighted by molar-refractivity contribution is 7.90. The first kappa shape index (κ1) is 13.5. The van der Waals surface area contributed by atoms with Crippen molar-refractivity contribution in [3.63, 3.8) is 0 Å². The molecule has 1 atom stereocenters. The zero-order chi connectivity index (χ0) is 13.1. The summed E-state index contributed by atoms with van der Waals surface area (Å²) in [7, 11) is -3.20. The van der Waals surface area contributed by atoms with Crippen LogP contribution in [0.5, 0.6) is 5.75 Å². The number of rotatable bonds is 4. The molecule has 1 rings (SSSR count). The fourth-order valence-electron chi connectivity index (χ4n) is 1.05. The lowest BCUT2D eigenvalue weighted by Gasteiger charge is -2.16. The highest BCUT2D eigenvalue weighted by Gasteiger charge is 2.18. The van der Waals surface area contributed by atoms with Crippen molar-refractivity contribution >= 4 is 9.84 Å². The van der Waals surface area contributed by atoms with E-state index in [9.17, 15) is 8.42 Å².